The van der Waals surface area contributed by atoms with Crippen LogP contribution in [0.4, 0.5) is 9.18 Å². The van der Waals surface area contributed by atoms with Crippen LogP contribution in [-0.2, 0) is 13.1 Å². The highest BCUT2D eigenvalue weighted by Gasteiger charge is 2.08. The fourth-order valence-electron chi connectivity index (χ4n) is 2.15. The summed E-state index contributed by atoms with van der Waals surface area (Å²) >= 11 is 0. The van der Waals surface area contributed by atoms with Crippen LogP contribution in [0.5, 0.6) is 0 Å². The van der Waals surface area contributed by atoms with Crippen LogP contribution in [0.3, 0.4) is 0 Å². The smallest absolute Gasteiger partial charge is 0.315 e. The molecule has 118 valence electrons. The van der Waals surface area contributed by atoms with E-state index in [0.29, 0.717) is 23.6 Å². The monoisotopic (exact) mass is 305 g/mol. The van der Waals surface area contributed by atoms with E-state index in [-0.39, 0.29) is 18.4 Å². The van der Waals surface area contributed by atoms with Gasteiger partial charge in [0.2, 0.25) is 5.89 Å². The maximum atomic E-state index is 13.5. The highest BCUT2D eigenvalue weighted by Crippen LogP contribution is 2.14. The molecule has 0 aliphatic heterocycles. The molecular weight excluding hydrogens is 285 g/mol. The van der Waals surface area contributed by atoms with Gasteiger partial charge in [-0.05, 0) is 44.4 Å². The Morgan fingerprint density at radius 2 is 1.73 bits per heavy atom. The second-order valence-corrected chi connectivity index (χ2v) is 5.33. The molecule has 0 spiro atoms. The molecule has 0 atom stereocenters. The Labute approximate surface area is 128 Å². The van der Waals surface area contributed by atoms with Crippen LogP contribution >= 0.6 is 0 Å². The molecule has 0 unspecified atom stereocenters. The number of rotatable bonds is 4. The lowest BCUT2D eigenvalue weighted by Gasteiger charge is -2.09. The predicted molar refractivity (Wildman–Crippen MR) is 80.9 cm³/mol. The molecule has 2 amide bonds. The number of benzene rings is 1. The Morgan fingerprint density at radius 3 is 2.27 bits per heavy atom. The van der Waals surface area contributed by atoms with Crippen LogP contribution in [0.1, 0.15) is 34.0 Å². The Balaban J connectivity index is 1.85. The third-order valence-corrected chi connectivity index (χ3v) is 3.42. The molecule has 0 saturated carbocycles. The second-order valence-electron chi connectivity index (χ2n) is 5.33. The molecule has 22 heavy (non-hydrogen) atoms. The predicted octanol–water partition coefficient (Wildman–Crippen LogP) is 3.05. The standard InChI is InChI=1S/C16H20FN3O2/c1-9-5-13(6-10(2)15(9)17)7-18-16(21)19-8-14-20-11(3)12(4)22-14/h5-6H,7-8H2,1-4H3,(H2,18,19,21). The molecule has 2 aromatic rings. The fraction of sp³-hybridized carbons (Fsp3) is 0.375. The zero-order chi connectivity index (χ0) is 16.3. The van der Waals surface area contributed by atoms with E-state index in [1.807, 2.05) is 13.8 Å². The summed E-state index contributed by atoms with van der Waals surface area (Å²) in [7, 11) is 0. The minimum absolute atomic E-state index is 0.206. The van der Waals surface area contributed by atoms with E-state index >= 15 is 0 Å². The lowest BCUT2D eigenvalue weighted by Crippen LogP contribution is -2.34. The molecule has 1 aromatic carbocycles. The SMILES string of the molecule is Cc1cc(CNC(=O)NCc2nc(C)c(C)o2)cc(C)c1F. The number of nitrogens with zero attached hydrogens (tertiary/aromatic N) is 1. The number of carbonyl (C=O) groups excluding carboxylic acids is 1. The number of amides is 2. The van der Waals surface area contributed by atoms with Gasteiger partial charge in [-0.3, -0.25) is 0 Å². The van der Waals surface area contributed by atoms with E-state index in [2.05, 4.69) is 15.6 Å². The first-order chi connectivity index (χ1) is 10.4. The van der Waals surface area contributed by atoms with Gasteiger partial charge in [-0.25, -0.2) is 14.2 Å². The van der Waals surface area contributed by atoms with Gasteiger partial charge in [0.25, 0.3) is 0 Å². The van der Waals surface area contributed by atoms with Crippen molar-refractivity contribution in [2.24, 2.45) is 0 Å². The van der Waals surface area contributed by atoms with Crippen molar-refractivity contribution in [2.45, 2.75) is 40.8 Å². The fourth-order valence-corrected chi connectivity index (χ4v) is 2.15. The normalized spacial score (nSPS) is 10.6. The number of hydrogen-bond donors (Lipinski definition) is 2. The highest BCUT2D eigenvalue weighted by atomic mass is 19.1. The molecule has 0 bridgehead atoms. The quantitative estimate of drug-likeness (QED) is 0.912. The van der Waals surface area contributed by atoms with Crippen molar-refractivity contribution in [2.75, 3.05) is 0 Å². The Bertz CT molecular complexity index is 652. The summed E-state index contributed by atoms with van der Waals surface area (Å²) in [6.07, 6.45) is 0. The summed E-state index contributed by atoms with van der Waals surface area (Å²) in [5.74, 6) is 1.01. The van der Waals surface area contributed by atoms with Gasteiger partial charge in [0.05, 0.1) is 12.2 Å². The van der Waals surface area contributed by atoms with E-state index < -0.39 is 0 Å². The Hall–Kier alpha value is -2.37. The maximum absolute atomic E-state index is 13.5. The van der Waals surface area contributed by atoms with E-state index in [1.165, 1.54) is 0 Å². The first-order valence-electron chi connectivity index (χ1n) is 7.07. The highest BCUT2D eigenvalue weighted by molar-refractivity contribution is 5.73. The topological polar surface area (TPSA) is 67.2 Å². The number of carbonyl (C=O) groups is 1. The second kappa shape index (κ2) is 6.60. The van der Waals surface area contributed by atoms with Crippen LogP contribution in [0.25, 0.3) is 0 Å². The minimum atomic E-state index is -0.326. The van der Waals surface area contributed by atoms with Gasteiger partial charge in [0.1, 0.15) is 11.6 Å². The van der Waals surface area contributed by atoms with Crippen molar-refractivity contribution in [3.05, 3.63) is 52.0 Å². The first-order valence-corrected chi connectivity index (χ1v) is 7.07. The number of halogens is 1. The van der Waals surface area contributed by atoms with Gasteiger partial charge in [-0.1, -0.05) is 12.1 Å². The first kappa shape index (κ1) is 16.0. The van der Waals surface area contributed by atoms with Crippen LogP contribution in [0, 0.1) is 33.5 Å². The summed E-state index contributed by atoms with van der Waals surface area (Å²) in [6, 6.07) is 3.13. The van der Waals surface area contributed by atoms with E-state index in [4.69, 9.17) is 4.42 Å². The van der Waals surface area contributed by atoms with Crippen LogP contribution in [0.2, 0.25) is 0 Å². The number of aryl methyl sites for hydroxylation is 4. The average molecular weight is 305 g/mol. The lowest BCUT2D eigenvalue weighted by molar-refractivity contribution is 0.239. The minimum Gasteiger partial charge on any atom is -0.444 e. The zero-order valence-corrected chi connectivity index (χ0v) is 13.2. The molecule has 0 fully saturated rings. The molecule has 6 heteroatoms. The average Bonchev–Trinajstić information content (AvgIpc) is 2.79. The summed E-state index contributed by atoms with van der Waals surface area (Å²) in [4.78, 5) is 15.9. The number of hydrogen-bond acceptors (Lipinski definition) is 3. The Morgan fingerprint density at radius 1 is 1.14 bits per heavy atom. The van der Waals surface area contributed by atoms with Crippen LogP contribution in [0.15, 0.2) is 16.5 Å². The largest absolute Gasteiger partial charge is 0.444 e. The van der Waals surface area contributed by atoms with Crippen molar-refractivity contribution >= 4 is 6.03 Å². The number of urea groups is 1. The van der Waals surface area contributed by atoms with Crippen molar-refractivity contribution in [3.8, 4) is 0 Å². The number of aromatic nitrogens is 1. The van der Waals surface area contributed by atoms with E-state index in [0.717, 1.165) is 17.0 Å². The van der Waals surface area contributed by atoms with Gasteiger partial charge in [0.15, 0.2) is 0 Å². The maximum Gasteiger partial charge on any atom is 0.315 e. The van der Waals surface area contributed by atoms with Gasteiger partial charge in [-0.15, -0.1) is 0 Å². The number of nitrogens with one attached hydrogen (secondary N) is 2. The molecule has 0 saturated heterocycles. The van der Waals surface area contributed by atoms with Crippen molar-refractivity contribution in [1.29, 1.82) is 0 Å². The lowest BCUT2D eigenvalue weighted by atomic mass is 10.1. The van der Waals surface area contributed by atoms with Gasteiger partial charge >= 0.3 is 6.03 Å². The molecule has 2 N–H and O–H groups in total. The van der Waals surface area contributed by atoms with Gasteiger partial charge in [0, 0.05) is 6.54 Å². The van der Waals surface area contributed by atoms with Crippen molar-refractivity contribution in [1.82, 2.24) is 15.6 Å². The van der Waals surface area contributed by atoms with Crippen LogP contribution < -0.4 is 10.6 Å². The van der Waals surface area contributed by atoms with Crippen LogP contribution in [-0.4, -0.2) is 11.0 Å². The summed E-state index contributed by atoms with van der Waals surface area (Å²) in [5.41, 5.74) is 2.81. The molecule has 1 aromatic heterocycles. The molecule has 0 aliphatic carbocycles. The summed E-state index contributed by atoms with van der Waals surface area (Å²) in [6.45, 7) is 7.64. The number of oxazole rings is 1. The zero-order valence-electron chi connectivity index (χ0n) is 13.2. The molecule has 0 aliphatic rings. The third-order valence-electron chi connectivity index (χ3n) is 3.42. The van der Waals surface area contributed by atoms with E-state index in [9.17, 15) is 9.18 Å². The van der Waals surface area contributed by atoms with Gasteiger partial charge < -0.3 is 15.1 Å². The molecular formula is C16H20FN3O2. The van der Waals surface area contributed by atoms with Gasteiger partial charge in [-0.2, -0.15) is 0 Å². The summed E-state index contributed by atoms with van der Waals surface area (Å²) in [5, 5.41) is 5.39. The van der Waals surface area contributed by atoms with E-state index in [1.54, 1.807) is 26.0 Å². The Kier molecular flexibility index (Phi) is 4.80. The molecule has 5 nitrogen and oxygen atoms in total. The van der Waals surface area contributed by atoms with Crippen molar-refractivity contribution in [3.63, 3.8) is 0 Å². The molecule has 1 heterocycles. The van der Waals surface area contributed by atoms with Crippen molar-refractivity contribution < 1.29 is 13.6 Å². The third kappa shape index (κ3) is 3.84. The summed E-state index contributed by atoms with van der Waals surface area (Å²) < 4.78 is 18.9. The molecule has 0 radical (unpaired) electrons. The molecule has 2 rings (SSSR count).